The monoisotopic (exact) mass is 375 g/mol. The second kappa shape index (κ2) is 7.40. The van der Waals surface area contributed by atoms with Crippen LogP contribution in [-0.2, 0) is 13.1 Å². The highest BCUT2D eigenvalue weighted by Gasteiger charge is 2.12. The highest BCUT2D eigenvalue weighted by Crippen LogP contribution is 2.10. The van der Waals surface area contributed by atoms with E-state index in [9.17, 15) is 14.4 Å². The molecule has 2 aromatic heterocycles. The fraction of sp³-hybridized carbons (Fsp3) is 0.0952. The number of hydrogen-bond acceptors (Lipinski definition) is 4. The maximum absolute atomic E-state index is 12.9. The average molecular weight is 375 g/mol. The molecule has 0 radical (unpaired) electrons. The predicted octanol–water partition coefficient (Wildman–Crippen LogP) is 2.26. The van der Waals surface area contributed by atoms with E-state index in [0.717, 1.165) is 10.1 Å². The summed E-state index contributed by atoms with van der Waals surface area (Å²) in [6.45, 7) is 0.396. The van der Waals surface area contributed by atoms with Gasteiger partial charge in [-0.05, 0) is 35.9 Å². The molecule has 2 heterocycles. The van der Waals surface area contributed by atoms with Gasteiger partial charge < -0.3 is 14.7 Å². The van der Waals surface area contributed by atoms with Gasteiger partial charge in [0.25, 0.3) is 11.5 Å². The Bertz CT molecular complexity index is 1240. The van der Waals surface area contributed by atoms with Gasteiger partial charge in [0.1, 0.15) is 5.76 Å². The Kier molecular flexibility index (Phi) is 4.63. The summed E-state index contributed by atoms with van der Waals surface area (Å²) in [5.41, 5.74) is 0.623. The second-order valence-corrected chi connectivity index (χ2v) is 6.33. The van der Waals surface area contributed by atoms with E-state index in [-0.39, 0.29) is 24.4 Å². The van der Waals surface area contributed by atoms with Crippen LogP contribution in [-0.4, -0.2) is 15.5 Å². The van der Waals surface area contributed by atoms with Crippen molar-refractivity contribution in [1.29, 1.82) is 0 Å². The molecule has 2 N–H and O–H groups in total. The lowest BCUT2D eigenvalue weighted by molar-refractivity contribution is 0.0948. The molecule has 0 aliphatic rings. The van der Waals surface area contributed by atoms with Crippen molar-refractivity contribution in [3.63, 3.8) is 0 Å². The van der Waals surface area contributed by atoms with Crippen LogP contribution in [0.3, 0.4) is 0 Å². The van der Waals surface area contributed by atoms with Crippen molar-refractivity contribution in [2.75, 3.05) is 0 Å². The molecule has 2 aromatic carbocycles. The van der Waals surface area contributed by atoms with Gasteiger partial charge in [-0.15, -0.1) is 0 Å². The lowest BCUT2D eigenvalue weighted by Crippen LogP contribution is -2.35. The van der Waals surface area contributed by atoms with Crippen LogP contribution in [0.5, 0.6) is 0 Å². The van der Waals surface area contributed by atoms with Crippen molar-refractivity contribution < 1.29 is 9.21 Å². The van der Waals surface area contributed by atoms with E-state index in [0.29, 0.717) is 16.8 Å². The van der Waals surface area contributed by atoms with Gasteiger partial charge in [-0.1, -0.05) is 30.3 Å². The van der Waals surface area contributed by atoms with Gasteiger partial charge in [0.05, 0.1) is 30.3 Å². The largest absolute Gasteiger partial charge is 0.467 e. The minimum Gasteiger partial charge on any atom is -0.467 e. The van der Waals surface area contributed by atoms with Crippen molar-refractivity contribution in [2.45, 2.75) is 13.1 Å². The first-order valence-corrected chi connectivity index (χ1v) is 8.73. The topological polar surface area (TPSA) is 97.1 Å². The molecule has 0 aliphatic carbocycles. The highest BCUT2D eigenvalue weighted by atomic mass is 16.3. The van der Waals surface area contributed by atoms with E-state index < -0.39 is 11.2 Å². The molecule has 0 bridgehead atoms. The normalized spacial score (nSPS) is 10.9. The minimum absolute atomic E-state index is 0.153. The zero-order valence-corrected chi connectivity index (χ0v) is 14.8. The number of aromatic nitrogens is 2. The SMILES string of the molecule is O=C(NCc1ccco1)c1ccc2[nH]c(=O)n(Cc3ccccc3)c(=O)c2c1. The summed E-state index contributed by atoms with van der Waals surface area (Å²) in [5.74, 6) is 0.294. The molecule has 0 atom stereocenters. The summed E-state index contributed by atoms with van der Waals surface area (Å²) in [4.78, 5) is 40.3. The first-order valence-electron chi connectivity index (χ1n) is 8.73. The Labute approximate surface area is 159 Å². The third-order valence-corrected chi connectivity index (χ3v) is 4.43. The van der Waals surface area contributed by atoms with E-state index in [1.165, 1.54) is 12.3 Å². The Morgan fingerprint density at radius 2 is 1.86 bits per heavy atom. The van der Waals surface area contributed by atoms with Crippen LogP contribution in [0.4, 0.5) is 0 Å². The number of benzene rings is 2. The molecule has 0 aliphatic heterocycles. The van der Waals surface area contributed by atoms with Crippen molar-refractivity contribution in [2.24, 2.45) is 0 Å². The summed E-state index contributed by atoms with van der Waals surface area (Å²) in [6, 6.07) is 17.4. The van der Waals surface area contributed by atoms with Gasteiger partial charge in [-0.25, -0.2) is 4.79 Å². The first-order chi connectivity index (χ1) is 13.6. The standard InChI is InChI=1S/C21H17N3O4/c25-19(22-12-16-7-4-10-28-16)15-8-9-18-17(11-15)20(26)24(21(27)23-18)13-14-5-2-1-3-6-14/h1-11H,12-13H2,(H,22,25)(H,23,27). The number of aromatic amines is 1. The van der Waals surface area contributed by atoms with Gasteiger partial charge in [0.15, 0.2) is 0 Å². The Balaban J connectivity index is 1.67. The van der Waals surface area contributed by atoms with Crippen LogP contribution in [0.2, 0.25) is 0 Å². The Morgan fingerprint density at radius 3 is 2.61 bits per heavy atom. The Hall–Kier alpha value is -3.87. The van der Waals surface area contributed by atoms with Crippen LogP contribution >= 0.6 is 0 Å². The van der Waals surface area contributed by atoms with E-state index in [4.69, 9.17) is 4.42 Å². The number of nitrogens with one attached hydrogen (secondary N) is 2. The summed E-state index contributed by atoms with van der Waals surface area (Å²) in [6.07, 6.45) is 1.53. The van der Waals surface area contributed by atoms with E-state index >= 15 is 0 Å². The van der Waals surface area contributed by atoms with Gasteiger partial charge in [0.2, 0.25) is 0 Å². The highest BCUT2D eigenvalue weighted by molar-refractivity contribution is 5.97. The van der Waals surface area contributed by atoms with Crippen LogP contribution < -0.4 is 16.6 Å². The maximum atomic E-state index is 12.9. The number of nitrogens with zero attached hydrogens (tertiary/aromatic N) is 1. The number of carbonyl (C=O) groups excluding carboxylic acids is 1. The zero-order chi connectivity index (χ0) is 19.5. The number of H-pyrrole nitrogens is 1. The fourth-order valence-corrected chi connectivity index (χ4v) is 2.98. The third-order valence-electron chi connectivity index (χ3n) is 4.43. The molecule has 1 amide bonds. The quantitative estimate of drug-likeness (QED) is 0.559. The van der Waals surface area contributed by atoms with Crippen molar-refractivity contribution in [3.8, 4) is 0 Å². The molecule has 0 fully saturated rings. The molecule has 4 rings (SSSR count). The van der Waals surface area contributed by atoms with Gasteiger partial charge in [0, 0.05) is 5.56 Å². The van der Waals surface area contributed by atoms with Crippen molar-refractivity contribution in [1.82, 2.24) is 14.9 Å². The lowest BCUT2D eigenvalue weighted by Gasteiger charge is -2.08. The van der Waals surface area contributed by atoms with Crippen molar-refractivity contribution >= 4 is 16.8 Å². The van der Waals surface area contributed by atoms with Gasteiger partial charge in [-0.3, -0.25) is 14.2 Å². The minimum atomic E-state index is -0.489. The molecule has 0 saturated heterocycles. The number of carbonyl (C=O) groups is 1. The molecular formula is C21H17N3O4. The molecule has 0 spiro atoms. The van der Waals surface area contributed by atoms with Crippen LogP contribution in [0.1, 0.15) is 21.7 Å². The lowest BCUT2D eigenvalue weighted by atomic mass is 10.1. The smallest absolute Gasteiger partial charge is 0.329 e. The van der Waals surface area contributed by atoms with E-state index in [1.54, 1.807) is 24.3 Å². The maximum Gasteiger partial charge on any atom is 0.329 e. The third kappa shape index (κ3) is 3.50. The van der Waals surface area contributed by atoms with E-state index in [2.05, 4.69) is 10.3 Å². The van der Waals surface area contributed by atoms with Gasteiger partial charge in [-0.2, -0.15) is 0 Å². The number of fused-ring (bicyclic) bond motifs is 1. The van der Waals surface area contributed by atoms with Crippen LogP contribution in [0.25, 0.3) is 10.9 Å². The summed E-state index contributed by atoms with van der Waals surface area (Å²) < 4.78 is 6.31. The Morgan fingerprint density at radius 1 is 1.04 bits per heavy atom. The first kappa shape index (κ1) is 17.5. The van der Waals surface area contributed by atoms with Gasteiger partial charge >= 0.3 is 5.69 Å². The summed E-state index contributed by atoms with van der Waals surface area (Å²) in [7, 11) is 0. The van der Waals surface area contributed by atoms with Crippen LogP contribution in [0, 0.1) is 0 Å². The molecular weight excluding hydrogens is 358 g/mol. The van der Waals surface area contributed by atoms with Crippen molar-refractivity contribution in [3.05, 3.63) is 105 Å². The zero-order valence-electron chi connectivity index (χ0n) is 14.8. The molecule has 140 valence electrons. The summed E-state index contributed by atoms with van der Waals surface area (Å²) >= 11 is 0. The molecule has 0 saturated carbocycles. The molecule has 0 unspecified atom stereocenters. The van der Waals surface area contributed by atoms with E-state index in [1.807, 2.05) is 30.3 Å². The number of furan rings is 1. The van der Waals surface area contributed by atoms with Crippen LogP contribution in [0.15, 0.2) is 80.9 Å². The molecule has 4 aromatic rings. The molecule has 7 heteroatoms. The fourth-order valence-electron chi connectivity index (χ4n) is 2.98. The molecule has 7 nitrogen and oxygen atoms in total. The molecule has 28 heavy (non-hydrogen) atoms. The average Bonchev–Trinajstić information content (AvgIpc) is 3.23. The predicted molar refractivity (Wildman–Crippen MR) is 104 cm³/mol. The number of rotatable bonds is 5. The summed E-state index contributed by atoms with van der Waals surface area (Å²) in [5, 5.41) is 3.02. The number of amides is 1. The number of hydrogen-bond donors (Lipinski definition) is 2. The second-order valence-electron chi connectivity index (χ2n) is 6.33.